The first-order valence-corrected chi connectivity index (χ1v) is 7.82. The zero-order valence-corrected chi connectivity index (χ0v) is 13.9. The summed E-state index contributed by atoms with van der Waals surface area (Å²) in [5.41, 5.74) is 0.833. The van der Waals surface area contributed by atoms with Crippen molar-refractivity contribution in [1.29, 1.82) is 5.26 Å². The van der Waals surface area contributed by atoms with E-state index in [1.54, 1.807) is 38.1 Å². The molecule has 25 heavy (non-hydrogen) atoms. The van der Waals surface area contributed by atoms with Crippen molar-refractivity contribution in [2.45, 2.75) is 32.1 Å². The van der Waals surface area contributed by atoms with Gasteiger partial charge in [0.2, 0.25) is 0 Å². The van der Waals surface area contributed by atoms with Crippen LogP contribution < -0.4 is 10.1 Å². The van der Waals surface area contributed by atoms with E-state index in [0.717, 1.165) is 0 Å². The fourth-order valence-corrected chi connectivity index (χ4v) is 2.28. The maximum absolute atomic E-state index is 12.9. The number of ether oxygens (including phenoxy) is 1. The van der Waals surface area contributed by atoms with Gasteiger partial charge in [0.25, 0.3) is 5.91 Å². The van der Waals surface area contributed by atoms with Crippen molar-refractivity contribution in [3.05, 3.63) is 65.5 Å². The summed E-state index contributed by atoms with van der Waals surface area (Å²) < 4.78 is 18.5. The number of carbonyl (C=O) groups is 1. The highest BCUT2D eigenvalue weighted by Gasteiger charge is 2.23. The van der Waals surface area contributed by atoms with Gasteiger partial charge in [-0.1, -0.05) is 24.3 Å². The Bertz CT molecular complexity index is 771. The molecule has 2 N–H and O–H groups in total. The smallest absolute Gasteiger partial charge is 0.261 e. The number of amides is 1. The van der Waals surface area contributed by atoms with Gasteiger partial charge in [-0.15, -0.1) is 0 Å². The molecule has 3 unspecified atom stereocenters. The number of carbonyl (C=O) groups excluding carboxylic acids is 1. The lowest BCUT2D eigenvalue weighted by Crippen LogP contribution is -2.43. The van der Waals surface area contributed by atoms with Gasteiger partial charge >= 0.3 is 0 Å². The van der Waals surface area contributed by atoms with Crippen molar-refractivity contribution in [1.82, 2.24) is 5.32 Å². The van der Waals surface area contributed by atoms with Crippen LogP contribution in [0.2, 0.25) is 0 Å². The Balaban J connectivity index is 1.98. The highest BCUT2D eigenvalue weighted by atomic mass is 19.1. The highest BCUT2D eigenvalue weighted by molar-refractivity contribution is 5.81. The first-order valence-electron chi connectivity index (χ1n) is 7.82. The van der Waals surface area contributed by atoms with Gasteiger partial charge in [0.05, 0.1) is 17.7 Å². The summed E-state index contributed by atoms with van der Waals surface area (Å²) >= 11 is 0. The molecule has 0 radical (unpaired) electrons. The molecule has 5 nitrogen and oxygen atoms in total. The van der Waals surface area contributed by atoms with Crippen LogP contribution in [0.1, 0.15) is 31.1 Å². The topological polar surface area (TPSA) is 82.3 Å². The zero-order valence-electron chi connectivity index (χ0n) is 13.9. The molecule has 0 fully saturated rings. The molecule has 0 aromatic heterocycles. The van der Waals surface area contributed by atoms with E-state index in [1.807, 2.05) is 6.07 Å². The van der Waals surface area contributed by atoms with E-state index >= 15 is 0 Å². The lowest BCUT2D eigenvalue weighted by Gasteiger charge is -2.23. The van der Waals surface area contributed by atoms with Crippen LogP contribution in [-0.2, 0) is 4.79 Å². The van der Waals surface area contributed by atoms with Gasteiger partial charge < -0.3 is 15.2 Å². The minimum Gasteiger partial charge on any atom is -0.480 e. The number of nitrogens with one attached hydrogen (secondary N) is 1. The highest BCUT2D eigenvalue weighted by Crippen LogP contribution is 2.19. The van der Waals surface area contributed by atoms with Crippen molar-refractivity contribution >= 4 is 5.91 Å². The third-order valence-electron chi connectivity index (χ3n) is 3.74. The Kier molecular flexibility index (Phi) is 6.09. The van der Waals surface area contributed by atoms with Crippen molar-refractivity contribution in [2.75, 3.05) is 0 Å². The fourth-order valence-electron chi connectivity index (χ4n) is 2.28. The largest absolute Gasteiger partial charge is 0.480 e. The molecule has 0 aliphatic carbocycles. The zero-order chi connectivity index (χ0) is 18.4. The summed E-state index contributed by atoms with van der Waals surface area (Å²) in [6.07, 6.45) is -1.83. The number of aliphatic hydroxyl groups is 1. The Hall–Kier alpha value is -2.91. The third kappa shape index (κ3) is 4.78. The number of nitriles is 1. The number of hydrogen-bond acceptors (Lipinski definition) is 4. The molecule has 0 aliphatic rings. The number of hydrogen-bond donors (Lipinski definition) is 2. The van der Waals surface area contributed by atoms with Crippen molar-refractivity contribution in [2.24, 2.45) is 0 Å². The molecule has 3 atom stereocenters. The first-order chi connectivity index (χ1) is 11.9. The second kappa shape index (κ2) is 8.27. The molecular formula is C19H19FN2O3. The van der Waals surface area contributed by atoms with E-state index in [4.69, 9.17) is 10.00 Å². The predicted octanol–water partition coefficient (Wildman–Crippen LogP) is 2.70. The van der Waals surface area contributed by atoms with Crippen LogP contribution in [0.3, 0.4) is 0 Å². The lowest BCUT2D eigenvalue weighted by molar-refractivity contribution is -0.128. The van der Waals surface area contributed by atoms with Gasteiger partial charge in [0.1, 0.15) is 17.6 Å². The molecule has 0 saturated heterocycles. The molecule has 2 rings (SSSR count). The maximum Gasteiger partial charge on any atom is 0.261 e. The van der Waals surface area contributed by atoms with Crippen molar-refractivity contribution < 1.29 is 19.0 Å². The Morgan fingerprint density at radius 3 is 2.48 bits per heavy atom. The monoisotopic (exact) mass is 342 g/mol. The standard InChI is InChI=1S/C19H19FN2O3/c1-12(18(23)14-7-9-16(20)10-8-14)22-19(24)13(2)25-17-6-4-3-5-15(17)11-21/h3-10,12-13,18,23H,1-2H3,(H,22,24). The normalized spacial score (nSPS) is 14.0. The Morgan fingerprint density at radius 1 is 1.20 bits per heavy atom. The van der Waals surface area contributed by atoms with Crippen LogP contribution >= 0.6 is 0 Å². The third-order valence-corrected chi connectivity index (χ3v) is 3.74. The van der Waals surface area contributed by atoms with E-state index in [-0.39, 0.29) is 0 Å². The molecule has 0 heterocycles. The molecular weight excluding hydrogens is 323 g/mol. The molecule has 6 heteroatoms. The predicted molar refractivity (Wildman–Crippen MR) is 90.2 cm³/mol. The van der Waals surface area contributed by atoms with E-state index in [0.29, 0.717) is 16.9 Å². The van der Waals surface area contributed by atoms with Crippen LogP contribution in [0.5, 0.6) is 5.75 Å². The molecule has 0 aliphatic heterocycles. The summed E-state index contributed by atoms with van der Waals surface area (Å²) in [5.74, 6) is -0.508. The summed E-state index contributed by atoms with van der Waals surface area (Å²) in [4.78, 5) is 12.3. The second-order valence-corrected chi connectivity index (χ2v) is 5.66. The van der Waals surface area contributed by atoms with Crippen LogP contribution in [0, 0.1) is 17.1 Å². The number of halogens is 1. The average molecular weight is 342 g/mol. The number of benzene rings is 2. The molecule has 0 bridgehead atoms. The fraction of sp³-hybridized carbons (Fsp3) is 0.263. The molecule has 2 aromatic rings. The molecule has 1 amide bonds. The average Bonchev–Trinajstić information content (AvgIpc) is 2.62. The van der Waals surface area contributed by atoms with E-state index in [9.17, 15) is 14.3 Å². The summed E-state index contributed by atoms with van der Waals surface area (Å²) in [6.45, 7) is 3.20. The van der Waals surface area contributed by atoms with Gasteiger partial charge in [0.15, 0.2) is 6.10 Å². The van der Waals surface area contributed by atoms with Crippen LogP contribution in [-0.4, -0.2) is 23.2 Å². The number of nitrogens with zero attached hydrogens (tertiary/aromatic N) is 1. The summed E-state index contributed by atoms with van der Waals surface area (Å²) in [5, 5.41) is 22.0. The number of aliphatic hydroxyl groups excluding tert-OH is 1. The van der Waals surface area contributed by atoms with Crippen molar-refractivity contribution in [3.63, 3.8) is 0 Å². The maximum atomic E-state index is 12.9. The minimum atomic E-state index is -0.983. The molecule has 0 spiro atoms. The second-order valence-electron chi connectivity index (χ2n) is 5.66. The van der Waals surface area contributed by atoms with Crippen LogP contribution in [0.25, 0.3) is 0 Å². The molecule has 2 aromatic carbocycles. The number of para-hydroxylation sites is 1. The van der Waals surface area contributed by atoms with Crippen LogP contribution in [0.15, 0.2) is 48.5 Å². The summed E-state index contributed by atoms with van der Waals surface area (Å²) in [7, 11) is 0. The van der Waals surface area contributed by atoms with Gasteiger partial charge in [-0.2, -0.15) is 5.26 Å². The van der Waals surface area contributed by atoms with Gasteiger partial charge in [-0.25, -0.2) is 4.39 Å². The van der Waals surface area contributed by atoms with Gasteiger partial charge in [-0.05, 0) is 43.7 Å². The minimum absolute atomic E-state index is 0.319. The Labute approximate surface area is 145 Å². The van der Waals surface area contributed by atoms with E-state index < -0.39 is 30.0 Å². The SMILES string of the molecule is CC(Oc1ccccc1C#N)C(=O)NC(C)C(O)c1ccc(F)cc1. The Morgan fingerprint density at radius 2 is 1.84 bits per heavy atom. The van der Waals surface area contributed by atoms with Crippen LogP contribution in [0.4, 0.5) is 4.39 Å². The van der Waals surface area contributed by atoms with Crippen molar-refractivity contribution in [3.8, 4) is 11.8 Å². The molecule has 130 valence electrons. The van der Waals surface area contributed by atoms with E-state index in [2.05, 4.69) is 5.32 Å². The molecule has 0 saturated carbocycles. The quantitative estimate of drug-likeness (QED) is 0.846. The van der Waals surface area contributed by atoms with E-state index in [1.165, 1.54) is 24.3 Å². The lowest BCUT2D eigenvalue weighted by atomic mass is 10.0. The number of rotatable bonds is 6. The first kappa shape index (κ1) is 18.4. The summed E-state index contributed by atoms with van der Waals surface area (Å²) in [6, 6.07) is 13.4. The van der Waals surface area contributed by atoms with Gasteiger partial charge in [0, 0.05) is 0 Å². The van der Waals surface area contributed by atoms with Gasteiger partial charge in [-0.3, -0.25) is 4.79 Å².